The highest BCUT2D eigenvalue weighted by molar-refractivity contribution is 5.92. The van der Waals surface area contributed by atoms with Gasteiger partial charge in [-0.3, -0.25) is 4.79 Å². The van der Waals surface area contributed by atoms with Gasteiger partial charge in [-0.2, -0.15) is 0 Å². The van der Waals surface area contributed by atoms with Gasteiger partial charge >= 0.3 is 0 Å². The fourth-order valence-electron chi connectivity index (χ4n) is 1.05. The Kier molecular flexibility index (Phi) is 3.81. The Balaban J connectivity index is 2.79. The van der Waals surface area contributed by atoms with Crippen LogP contribution in [0.2, 0.25) is 0 Å². The first-order chi connectivity index (χ1) is 7.50. The number of aliphatic hydroxyl groups excluding tert-OH is 2. The van der Waals surface area contributed by atoms with Crippen LogP contribution in [-0.2, 0) is 0 Å². The highest BCUT2D eigenvalue weighted by Crippen LogP contribution is 2.12. The number of rotatable bonds is 5. The van der Waals surface area contributed by atoms with Crippen molar-refractivity contribution in [2.24, 2.45) is 5.73 Å². The topological polar surface area (TPSA) is 108 Å². The van der Waals surface area contributed by atoms with Crippen LogP contribution >= 0.6 is 0 Å². The van der Waals surface area contributed by atoms with E-state index in [0.717, 1.165) is 0 Å². The van der Waals surface area contributed by atoms with Crippen molar-refractivity contribution in [2.75, 3.05) is 18.5 Å². The van der Waals surface area contributed by atoms with Gasteiger partial charge in [-0.1, -0.05) is 0 Å². The third kappa shape index (κ3) is 2.91. The zero-order chi connectivity index (χ0) is 12.2. The van der Waals surface area contributed by atoms with Crippen molar-refractivity contribution in [3.05, 3.63) is 23.9 Å². The van der Waals surface area contributed by atoms with Gasteiger partial charge < -0.3 is 21.3 Å². The van der Waals surface area contributed by atoms with Gasteiger partial charge in [0.15, 0.2) is 0 Å². The molecule has 0 fully saturated rings. The van der Waals surface area contributed by atoms with Crippen molar-refractivity contribution in [3.8, 4) is 0 Å². The van der Waals surface area contributed by atoms with Crippen LogP contribution in [0.25, 0.3) is 0 Å². The number of carbonyl (C=O) groups is 1. The normalized spacial score (nSPS) is 11.2. The molecule has 88 valence electrons. The second kappa shape index (κ2) is 4.91. The number of nitrogens with zero attached hydrogens (tertiary/aromatic N) is 1. The third-order valence-corrected chi connectivity index (χ3v) is 2.18. The zero-order valence-corrected chi connectivity index (χ0v) is 8.97. The summed E-state index contributed by atoms with van der Waals surface area (Å²) in [5.41, 5.74) is 4.52. The van der Waals surface area contributed by atoms with Gasteiger partial charge in [0.05, 0.1) is 24.3 Å². The van der Waals surface area contributed by atoms with E-state index < -0.39 is 11.4 Å². The Labute approximate surface area is 93.1 Å². The number of primary amides is 1. The van der Waals surface area contributed by atoms with Gasteiger partial charge in [-0.15, -0.1) is 0 Å². The Morgan fingerprint density at radius 1 is 1.50 bits per heavy atom. The van der Waals surface area contributed by atoms with Crippen molar-refractivity contribution in [2.45, 2.75) is 12.5 Å². The van der Waals surface area contributed by atoms with Gasteiger partial charge in [0.1, 0.15) is 5.82 Å². The maximum Gasteiger partial charge on any atom is 0.250 e. The molecule has 5 N–H and O–H groups in total. The first-order valence-electron chi connectivity index (χ1n) is 4.76. The fourth-order valence-corrected chi connectivity index (χ4v) is 1.05. The van der Waals surface area contributed by atoms with Crippen molar-refractivity contribution in [3.63, 3.8) is 0 Å². The van der Waals surface area contributed by atoms with Crippen LogP contribution in [0.5, 0.6) is 0 Å². The molecule has 1 rings (SSSR count). The molecule has 0 bridgehead atoms. The van der Waals surface area contributed by atoms with E-state index in [2.05, 4.69) is 10.3 Å². The minimum Gasteiger partial charge on any atom is -0.394 e. The van der Waals surface area contributed by atoms with Crippen LogP contribution < -0.4 is 11.1 Å². The largest absolute Gasteiger partial charge is 0.394 e. The second-order valence-corrected chi connectivity index (χ2v) is 3.80. The van der Waals surface area contributed by atoms with Crippen LogP contribution in [0, 0.1) is 0 Å². The molecular formula is C10H15N3O3. The minimum absolute atomic E-state index is 0.233. The number of pyridine rings is 1. The number of anilines is 1. The summed E-state index contributed by atoms with van der Waals surface area (Å²) in [6.45, 7) is 1.18. The smallest absolute Gasteiger partial charge is 0.250 e. The van der Waals surface area contributed by atoms with Gasteiger partial charge in [-0.25, -0.2) is 4.98 Å². The summed E-state index contributed by atoms with van der Waals surface area (Å²) >= 11 is 0. The minimum atomic E-state index is -0.846. The van der Waals surface area contributed by atoms with E-state index in [1.165, 1.54) is 12.3 Å². The van der Waals surface area contributed by atoms with Gasteiger partial charge in [0.2, 0.25) is 5.91 Å². The van der Waals surface area contributed by atoms with E-state index in [1.54, 1.807) is 13.0 Å². The van der Waals surface area contributed by atoms with Crippen LogP contribution in [0.1, 0.15) is 17.3 Å². The van der Waals surface area contributed by atoms with Crippen LogP contribution in [0.4, 0.5) is 5.82 Å². The lowest BCUT2D eigenvalue weighted by atomic mass is 10.1. The molecule has 0 unspecified atom stereocenters. The Morgan fingerprint density at radius 3 is 2.50 bits per heavy atom. The molecule has 0 spiro atoms. The number of aromatic nitrogens is 1. The summed E-state index contributed by atoms with van der Waals surface area (Å²) in [5.74, 6) is -0.0956. The number of aliphatic hydroxyl groups is 2. The van der Waals surface area contributed by atoms with Crippen LogP contribution in [0.3, 0.4) is 0 Å². The number of amides is 1. The van der Waals surface area contributed by atoms with Crippen LogP contribution in [0.15, 0.2) is 18.3 Å². The maximum absolute atomic E-state index is 10.8. The molecule has 0 aliphatic rings. The summed E-state index contributed by atoms with van der Waals surface area (Å²) in [7, 11) is 0. The van der Waals surface area contributed by atoms with E-state index in [9.17, 15) is 4.79 Å². The number of nitrogens with two attached hydrogens (primary N) is 1. The van der Waals surface area contributed by atoms with E-state index in [0.29, 0.717) is 11.4 Å². The predicted octanol–water partition coefficient (Wildman–Crippen LogP) is -0.664. The second-order valence-electron chi connectivity index (χ2n) is 3.80. The van der Waals surface area contributed by atoms with E-state index in [1.807, 2.05) is 0 Å². The van der Waals surface area contributed by atoms with Crippen molar-refractivity contribution in [1.82, 2.24) is 4.98 Å². The molecule has 16 heavy (non-hydrogen) atoms. The molecule has 6 heteroatoms. The standard InChI is InChI=1S/C10H15N3O3/c1-10(5-14,6-15)13-8-3-2-7(4-12-8)9(11)16/h2-4,14-15H,5-6H2,1H3,(H2,11,16)(H,12,13). The van der Waals surface area contributed by atoms with Crippen molar-refractivity contribution < 1.29 is 15.0 Å². The monoisotopic (exact) mass is 225 g/mol. The number of nitrogens with one attached hydrogen (secondary N) is 1. The average molecular weight is 225 g/mol. The third-order valence-electron chi connectivity index (χ3n) is 2.18. The fraction of sp³-hybridized carbons (Fsp3) is 0.400. The molecular weight excluding hydrogens is 210 g/mol. The number of hydrogen-bond acceptors (Lipinski definition) is 5. The summed E-state index contributed by atoms with van der Waals surface area (Å²) in [6.07, 6.45) is 1.33. The molecule has 0 aromatic carbocycles. The van der Waals surface area contributed by atoms with Crippen molar-refractivity contribution >= 4 is 11.7 Å². The van der Waals surface area contributed by atoms with E-state index in [4.69, 9.17) is 15.9 Å². The molecule has 1 heterocycles. The lowest BCUT2D eigenvalue weighted by molar-refractivity contribution is 0.1000. The molecule has 0 aliphatic heterocycles. The molecule has 0 radical (unpaired) electrons. The highest BCUT2D eigenvalue weighted by Gasteiger charge is 2.22. The predicted molar refractivity (Wildman–Crippen MR) is 59.0 cm³/mol. The first-order valence-corrected chi connectivity index (χ1v) is 4.76. The Bertz CT molecular complexity index is 360. The lowest BCUT2D eigenvalue weighted by Crippen LogP contribution is -2.42. The molecule has 0 aliphatic carbocycles. The number of carbonyl (C=O) groups excluding carboxylic acids is 1. The van der Waals surface area contributed by atoms with Gasteiger partial charge in [0.25, 0.3) is 0 Å². The molecule has 1 aromatic rings. The first kappa shape index (κ1) is 12.4. The maximum atomic E-state index is 10.8. The SMILES string of the molecule is CC(CO)(CO)Nc1ccc(C(N)=O)cn1. The Hall–Kier alpha value is -1.66. The zero-order valence-electron chi connectivity index (χ0n) is 8.97. The van der Waals surface area contributed by atoms with Crippen LogP contribution in [-0.4, -0.2) is 39.9 Å². The molecule has 0 saturated carbocycles. The van der Waals surface area contributed by atoms with Gasteiger partial charge in [0, 0.05) is 6.20 Å². The van der Waals surface area contributed by atoms with E-state index in [-0.39, 0.29) is 13.2 Å². The summed E-state index contributed by atoms with van der Waals surface area (Å²) in [5, 5.41) is 21.0. The number of hydrogen-bond donors (Lipinski definition) is 4. The summed E-state index contributed by atoms with van der Waals surface area (Å²) < 4.78 is 0. The molecule has 0 saturated heterocycles. The highest BCUT2D eigenvalue weighted by atomic mass is 16.3. The summed E-state index contributed by atoms with van der Waals surface area (Å²) in [4.78, 5) is 14.7. The Morgan fingerprint density at radius 2 is 2.12 bits per heavy atom. The molecule has 0 atom stereocenters. The average Bonchev–Trinajstić information content (AvgIpc) is 2.29. The summed E-state index contributed by atoms with van der Waals surface area (Å²) in [6, 6.07) is 3.08. The molecule has 6 nitrogen and oxygen atoms in total. The van der Waals surface area contributed by atoms with E-state index >= 15 is 0 Å². The quantitative estimate of drug-likeness (QED) is 0.531. The van der Waals surface area contributed by atoms with Crippen molar-refractivity contribution in [1.29, 1.82) is 0 Å². The molecule has 1 amide bonds. The molecule has 1 aromatic heterocycles. The van der Waals surface area contributed by atoms with Gasteiger partial charge in [-0.05, 0) is 19.1 Å². The lowest BCUT2D eigenvalue weighted by Gasteiger charge is -2.26.